The molecule has 1 aromatic heterocycles. The number of hydrogen-bond donors (Lipinski definition) is 5. The normalized spacial score (nSPS) is 31.8. The van der Waals surface area contributed by atoms with Crippen LogP contribution in [0.4, 0.5) is 5.69 Å². The van der Waals surface area contributed by atoms with E-state index in [1.54, 1.807) is 59.8 Å². The number of allylic oxidation sites excluding steroid dienone is 2. The van der Waals surface area contributed by atoms with Crippen molar-refractivity contribution in [3.05, 3.63) is 100 Å². The average molecular weight is 932 g/mol. The maximum Gasteiger partial charge on any atom is 0.312 e. The minimum Gasteiger partial charge on any atom is -0.507 e. The Hall–Kier alpha value is -6.20. The average Bonchev–Trinajstić information content (AvgIpc) is 3.83. The number of phenols is 2. The molecule has 4 aliphatic heterocycles. The first-order valence-electron chi connectivity index (χ1n) is 23.1. The van der Waals surface area contributed by atoms with Gasteiger partial charge >= 0.3 is 11.8 Å². The minimum atomic E-state index is -1.99. The molecule has 0 aliphatic carbocycles. The summed E-state index contributed by atoms with van der Waals surface area (Å²) in [7, 11) is 1.47. The number of para-hydroxylation sites is 1. The molecule has 4 bridgehead atoms. The number of carbonyl (C=O) groups is 3. The number of aromatic nitrogens is 1. The molecule has 10 atom stereocenters. The van der Waals surface area contributed by atoms with Gasteiger partial charge in [-0.25, -0.2) is 4.99 Å². The van der Waals surface area contributed by atoms with Crippen LogP contribution in [0.15, 0.2) is 82.7 Å². The number of aliphatic hydroxyl groups excluding tert-OH is 2. The molecule has 360 valence electrons. The molecule has 0 radical (unpaired) electrons. The van der Waals surface area contributed by atoms with Crippen LogP contribution >= 0.6 is 0 Å². The van der Waals surface area contributed by atoms with Crippen LogP contribution in [0.5, 0.6) is 17.2 Å². The molecule has 8 rings (SSSR count). The Bertz CT molecular complexity index is 2920. The molecule has 1 spiro atoms. The third kappa shape index (κ3) is 8.74. The zero-order chi connectivity index (χ0) is 49.0. The van der Waals surface area contributed by atoms with Crippen molar-refractivity contribution in [2.45, 2.75) is 104 Å². The number of benzene rings is 3. The van der Waals surface area contributed by atoms with Gasteiger partial charge in [-0.2, -0.15) is 0 Å². The van der Waals surface area contributed by atoms with Crippen molar-refractivity contribution in [3.8, 4) is 17.2 Å². The molecule has 4 aromatic rings. The SMILES string of the molecule is CO[C@H]1/C=C/O[C@@]2(C)Oc3c(C)c(O)c4c(O)c(c5c(c4c3C2=O)NC2(CCN(Cc3cnc4ccccc4c3)C2)CN=5)=NC(=O)/C(C)=C\C=C\[C@H](C)[C@H](O)[C@@H](C)[C@@H](O)[C@@H](C)[C@H](OC(C)=O)[C@@H]1C. The van der Waals surface area contributed by atoms with Gasteiger partial charge < -0.3 is 44.7 Å². The number of hydrogen-bond acceptors (Lipinski definition) is 15. The number of esters is 1. The van der Waals surface area contributed by atoms with E-state index in [-0.39, 0.29) is 50.5 Å². The number of anilines is 1. The number of carbonyl (C=O) groups excluding carboxylic acids is 3. The summed E-state index contributed by atoms with van der Waals surface area (Å²) in [5, 5.41) is 52.0. The second-order valence-corrected chi connectivity index (χ2v) is 19.2. The van der Waals surface area contributed by atoms with Gasteiger partial charge in [0, 0.05) is 92.4 Å². The van der Waals surface area contributed by atoms with E-state index in [0.29, 0.717) is 31.7 Å². The zero-order valence-electron chi connectivity index (χ0n) is 39.9. The van der Waals surface area contributed by atoms with Gasteiger partial charge in [0.05, 0.1) is 58.8 Å². The van der Waals surface area contributed by atoms with Gasteiger partial charge in [0.1, 0.15) is 28.3 Å². The highest BCUT2D eigenvalue weighted by Crippen LogP contribution is 2.51. The van der Waals surface area contributed by atoms with Crippen LogP contribution < -0.4 is 20.8 Å². The standard InChI is InChI=1S/C52H61N5O11/c1-26-13-12-14-27(2)50(64)55-42-41-40(56-52(24-54-41)18-19-57(25-52)23-33-21-34-15-10-11-16-35(34)53-22-33)37-38(46(42)62)45(61)31(6)48-39(37)49(63)51(8,68-48)66-20-17-36(65-9)28(3)47(67-32(7)58)30(5)44(60)29(4)43(26)59/h10-17,20-22,26,28-30,36,43-44,47,56,59-62H,18-19,23-25H2,1-9H3/b13-12+,20-17+,27-14-,55-42?/t26-,28+,29+,30+,36-,43-,44+,47+,51-,52?/m0/s1. The van der Waals surface area contributed by atoms with Crippen LogP contribution in [0.2, 0.25) is 0 Å². The summed E-state index contributed by atoms with van der Waals surface area (Å²) in [6, 6.07) is 10.1. The Morgan fingerprint density at radius 3 is 2.47 bits per heavy atom. The number of nitrogens with zero attached hydrogens (tertiary/aromatic N) is 4. The van der Waals surface area contributed by atoms with Crippen LogP contribution in [0.25, 0.3) is 21.7 Å². The predicted molar refractivity (Wildman–Crippen MR) is 254 cm³/mol. The number of aromatic hydroxyl groups is 2. The highest BCUT2D eigenvalue weighted by Gasteiger charge is 2.51. The molecule has 0 saturated carbocycles. The highest BCUT2D eigenvalue weighted by atomic mass is 16.7. The third-order valence-electron chi connectivity index (χ3n) is 14.3. The fourth-order valence-corrected chi connectivity index (χ4v) is 10.3. The largest absolute Gasteiger partial charge is 0.507 e. The Kier molecular flexibility index (Phi) is 13.3. The van der Waals surface area contributed by atoms with Gasteiger partial charge in [0.25, 0.3) is 11.7 Å². The number of ketones is 1. The first-order chi connectivity index (χ1) is 32.3. The van der Waals surface area contributed by atoms with E-state index in [9.17, 15) is 34.8 Å². The van der Waals surface area contributed by atoms with Crippen LogP contribution in [-0.4, -0.2) is 110 Å². The number of nitrogens with one attached hydrogen (secondary N) is 1. The topological polar surface area (TPSA) is 222 Å². The zero-order valence-corrected chi connectivity index (χ0v) is 39.9. The molecule has 16 nitrogen and oxygen atoms in total. The van der Waals surface area contributed by atoms with Gasteiger partial charge in [0.2, 0.25) is 0 Å². The second-order valence-electron chi connectivity index (χ2n) is 19.2. The lowest BCUT2D eigenvalue weighted by molar-refractivity contribution is -0.160. The van der Waals surface area contributed by atoms with E-state index < -0.39 is 88.6 Å². The molecule has 1 amide bonds. The molecular formula is C52H61N5O11. The second kappa shape index (κ2) is 18.7. The molecule has 4 aliphatic rings. The van der Waals surface area contributed by atoms with Gasteiger partial charge in [-0.15, -0.1) is 0 Å². The summed E-state index contributed by atoms with van der Waals surface area (Å²) in [6.07, 6.45) is 6.36. The first-order valence-corrected chi connectivity index (χ1v) is 23.1. The maximum atomic E-state index is 15.0. The van der Waals surface area contributed by atoms with Crippen molar-refractivity contribution in [1.82, 2.24) is 9.88 Å². The number of pyridine rings is 1. The van der Waals surface area contributed by atoms with E-state index >= 15 is 0 Å². The fraction of sp³-hybridized carbons (Fsp3) is 0.462. The summed E-state index contributed by atoms with van der Waals surface area (Å²) in [4.78, 5) is 57.8. The molecule has 1 fully saturated rings. The minimum absolute atomic E-state index is 0.0305. The Labute approximate surface area is 394 Å². The van der Waals surface area contributed by atoms with Crippen molar-refractivity contribution in [2.24, 2.45) is 33.7 Å². The van der Waals surface area contributed by atoms with Gasteiger partial charge in [0.15, 0.2) is 5.75 Å². The molecule has 5 N–H and O–H groups in total. The summed E-state index contributed by atoms with van der Waals surface area (Å²) < 4.78 is 24.2. The van der Waals surface area contributed by atoms with Crippen molar-refractivity contribution >= 4 is 45.0 Å². The van der Waals surface area contributed by atoms with Crippen LogP contribution in [0, 0.1) is 30.6 Å². The lowest BCUT2D eigenvalue weighted by atomic mass is 9.78. The lowest BCUT2D eigenvalue weighted by Crippen LogP contribution is -2.51. The number of ether oxygens (including phenoxy) is 4. The number of likely N-dealkylation sites (tertiary alicyclic amines) is 1. The van der Waals surface area contributed by atoms with Gasteiger partial charge in [-0.3, -0.25) is 29.3 Å². The number of aliphatic hydroxyl groups is 2. The van der Waals surface area contributed by atoms with Crippen LogP contribution in [0.3, 0.4) is 0 Å². The maximum absolute atomic E-state index is 15.0. The molecule has 1 saturated heterocycles. The smallest absolute Gasteiger partial charge is 0.312 e. The van der Waals surface area contributed by atoms with Crippen molar-refractivity contribution in [2.75, 3.05) is 32.1 Å². The Balaban J connectivity index is 1.26. The van der Waals surface area contributed by atoms with Crippen molar-refractivity contribution in [1.29, 1.82) is 0 Å². The summed E-state index contributed by atoms with van der Waals surface area (Å²) >= 11 is 0. The molecule has 5 heterocycles. The summed E-state index contributed by atoms with van der Waals surface area (Å²) in [5.74, 6) is -7.23. The number of rotatable bonds is 4. The Morgan fingerprint density at radius 1 is 0.985 bits per heavy atom. The van der Waals surface area contributed by atoms with E-state index in [1.165, 1.54) is 33.3 Å². The number of phenolic OH excluding ortho intramolecular Hbond substituents is 2. The molecule has 1 unspecified atom stereocenters. The van der Waals surface area contributed by atoms with Crippen LogP contribution in [0.1, 0.15) is 76.4 Å². The lowest BCUT2D eigenvalue weighted by Gasteiger charge is -2.38. The van der Waals surface area contributed by atoms with Gasteiger partial charge in [-0.1, -0.05) is 64.1 Å². The number of Topliss-reactive ketones (excluding diaryl/α,β-unsaturated/α-hetero) is 1. The van der Waals surface area contributed by atoms with E-state index in [0.717, 1.165) is 16.5 Å². The quantitative estimate of drug-likeness (QED) is 0.126. The number of fused-ring (bicyclic) bond motifs is 2. The summed E-state index contributed by atoms with van der Waals surface area (Å²) in [5.41, 5.74) is 1.94. The van der Waals surface area contributed by atoms with Crippen LogP contribution in [-0.2, 0) is 30.3 Å². The van der Waals surface area contributed by atoms with Gasteiger partial charge in [-0.05, 0) is 44.0 Å². The van der Waals surface area contributed by atoms with E-state index in [1.807, 2.05) is 30.5 Å². The molecule has 16 heteroatoms. The number of amides is 1. The number of methoxy groups -OCH3 is 1. The van der Waals surface area contributed by atoms with Crippen molar-refractivity contribution in [3.63, 3.8) is 0 Å². The Morgan fingerprint density at radius 2 is 1.74 bits per heavy atom. The van der Waals surface area contributed by atoms with Crippen molar-refractivity contribution < 1.29 is 53.8 Å². The monoisotopic (exact) mass is 931 g/mol. The predicted octanol–water partition coefficient (Wildman–Crippen LogP) is 5.49. The highest BCUT2D eigenvalue weighted by molar-refractivity contribution is 6.21. The first kappa shape index (κ1) is 48.3. The third-order valence-corrected chi connectivity index (χ3v) is 14.3. The fourth-order valence-electron chi connectivity index (χ4n) is 10.3. The molecule has 68 heavy (non-hydrogen) atoms. The van der Waals surface area contributed by atoms with E-state index in [4.69, 9.17) is 23.9 Å². The molecular weight excluding hydrogens is 871 g/mol. The molecule has 3 aromatic carbocycles. The summed E-state index contributed by atoms with van der Waals surface area (Å²) in [6.45, 7) is 15.0. The van der Waals surface area contributed by atoms with E-state index in [2.05, 4.69) is 26.3 Å².